The van der Waals surface area contributed by atoms with Gasteiger partial charge >= 0.3 is 0 Å². The molecule has 0 amide bonds. The lowest BCUT2D eigenvalue weighted by Crippen LogP contribution is -2.15. The van der Waals surface area contributed by atoms with E-state index in [1.54, 1.807) is 12.1 Å². The molecule has 0 saturated heterocycles. The van der Waals surface area contributed by atoms with E-state index in [-0.39, 0.29) is 52.6 Å². The van der Waals surface area contributed by atoms with E-state index >= 15 is 0 Å². The Morgan fingerprint density at radius 1 is 1.14 bits per heavy atom. The Bertz CT molecular complexity index is 875. The molecule has 0 fully saturated rings. The van der Waals surface area contributed by atoms with Gasteiger partial charge in [0.25, 0.3) is 0 Å². The Hall–Kier alpha value is -2.73. The summed E-state index contributed by atoms with van der Waals surface area (Å²) in [7, 11) is 0. The molecule has 3 rings (SSSR count). The molecule has 1 heterocycles. The van der Waals surface area contributed by atoms with E-state index in [9.17, 15) is 19.8 Å². The molecule has 3 N–H and O–H groups in total. The lowest BCUT2D eigenvalue weighted by molar-refractivity contribution is 0.0931. The first-order chi connectivity index (χ1) is 13.2. The smallest absolute Gasteiger partial charge is 0.170 e. The summed E-state index contributed by atoms with van der Waals surface area (Å²) in [5, 5.41) is 27.9. The highest BCUT2D eigenvalue weighted by Gasteiger charge is 2.21. The van der Waals surface area contributed by atoms with Crippen molar-refractivity contribution in [1.29, 1.82) is 0 Å². The van der Waals surface area contributed by atoms with Crippen LogP contribution in [-0.2, 0) is 0 Å². The van der Waals surface area contributed by atoms with Crippen LogP contribution in [-0.4, -0.2) is 39.4 Å². The number of ketones is 2. The van der Waals surface area contributed by atoms with Crippen LogP contribution in [0.3, 0.4) is 0 Å². The molecule has 150 valence electrons. The Kier molecular flexibility index (Phi) is 7.29. The fourth-order valence-electron chi connectivity index (χ4n) is 2.75. The van der Waals surface area contributed by atoms with E-state index in [1.165, 1.54) is 12.1 Å². The molecule has 0 bridgehead atoms. The monoisotopic (exact) mass is 406 g/mol. The highest BCUT2D eigenvalue weighted by molar-refractivity contribution is 6.19. The van der Waals surface area contributed by atoms with Gasteiger partial charge in [-0.2, -0.15) is 0 Å². The molecule has 1 aliphatic rings. The van der Waals surface area contributed by atoms with Crippen molar-refractivity contribution in [2.24, 2.45) is 0 Å². The number of hydrogen-bond acceptors (Lipinski definition) is 6. The third kappa shape index (κ3) is 5.16. The number of phenolic OH excluding ortho intramolecular Hbond substituents is 3. The van der Waals surface area contributed by atoms with Gasteiger partial charge in [0, 0.05) is 30.9 Å². The van der Waals surface area contributed by atoms with Crippen molar-refractivity contribution in [1.82, 2.24) is 0 Å². The number of ether oxygens (including phenoxy) is 1. The van der Waals surface area contributed by atoms with Crippen LogP contribution in [0.25, 0.3) is 0 Å². The third-order valence-corrected chi connectivity index (χ3v) is 4.43. The van der Waals surface area contributed by atoms with Crippen LogP contribution in [0.5, 0.6) is 23.0 Å². The molecule has 28 heavy (non-hydrogen) atoms. The highest BCUT2D eigenvalue weighted by atomic mass is 35.5. The zero-order chi connectivity index (χ0) is 20.8. The minimum atomic E-state index is -0.229. The van der Waals surface area contributed by atoms with Gasteiger partial charge < -0.3 is 20.1 Å². The summed E-state index contributed by atoms with van der Waals surface area (Å²) in [6.07, 6.45) is 0.606. The normalized spacial score (nSPS) is 12.6. The lowest BCUT2D eigenvalue weighted by atomic mass is 9.95. The van der Waals surface area contributed by atoms with Gasteiger partial charge in [-0.15, -0.1) is 11.6 Å². The summed E-state index contributed by atoms with van der Waals surface area (Å²) in [5.74, 6) is 0.719. The van der Waals surface area contributed by atoms with Crippen molar-refractivity contribution in [2.45, 2.75) is 32.6 Å². The second kappa shape index (κ2) is 9.46. The van der Waals surface area contributed by atoms with Crippen LogP contribution in [0, 0.1) is 0 Å². The number of carbonyl (C=O) groups is 2. The summed E-state index contributed by atoms with van der Waals surface area (Å²) < 4.78 is 5.33. The van der Waals surface area contributed by atoms with Crippen molar-refractivity contribution >= 4 is 23.2 Å². The largest absolute Gasteiger partial charge is 0.508 e. The molecule has 2 aromatic carbocycles. The maximum absolute atomic E-state index is 11.6. The predicted molar refractivity (Wildman–Crippen MR) is 106 cm³/mol. The van der Waals surface area contributed by atoms with Crippen LogP contribution in [0.4, 0.5) is 0 Å². The Morgan fingerprint density at radius 2 is 1.86 bits per heavy atom. The lowest BCUT2D eigenvalue weighted by Gasteiger charge is -2.19. The summed E-state index contributed by atoms with van der Waals surface area (Å²) >= 11 is 5.38. The van der Waals surface area contributed by atoms with E-state index in [2.05, 4.69) is 0 Å². The van der Waals surface area contributed by atoms with Gasteiger partial charge in [-0.3, -0.25) is 9.59 Å². The SMILES string of the molecule is CC(C)c1cc2c(cc1O)OCCC2=O.O=C(CCCl)c1ccc(O)cc1O. The molecule has 0 aliphatic carbocycles. The topological polar surface area (TPSA) is 104 Å². The second-order valence-corrected chi connectivity index (χ2v) is 7.03. The number of benzene rings is 2. The molecule has 6 nitrogen and oxygen atoms in total. The number of aromatic hydroxyl groups is 3. The maximum Gasteiger partial charge on any atom is 0.170 e. The van der Waals surface area contributed by atoms with Gasteiger partial charge in [0.05, 0.1) is 17.7 Å². The quantitative estimate of drug-likeness (QED) is 0.513. The minimum Gasteiger partial charge on any atom is -0.508 e. The molecule has 0 spiro atoms. The standard InChI is InChI=1S/C12H14O3.C9H9ClO3/c1-7(2)8-5-9-10(13)3-4-15-12(9)6-11(8)14;10-4-3-8(12)7-2-1-6(11)5-9(7)13/h5-7,14H,3-4H2,1-2H3;1-2,5,11,13H,3-4H2. The van der Waals surface area contributed by atoms with E-state index in [1.807, 2.05) is 13.8 Å². The summed E-state index contributed by atoms with van der Waals surface area (Å²) in [6.45, 7) is 4.37. The van der Waals surface area contributed by atoms with Gasteiger partial charge in [-0.05, 0) is 29.7 Å². The molecule has 0 atom stereocenters. The third-order valence-electron chi connectivity index (χ3n) is 4.24. The molecule has 2 aromatic rings. The van der Waals surface area contributed by atoms with Crippen molar-refractivity contribution in [2.75, 3.05) is 12.5 Å². The minimum absolute atomic E-state index is 0.0695. The van der Waals surface area contributed by atoms with Crippen LogP contribution < -0.4 is 4.74 Å². The number of halogens is 1. The van der Waals surface area contributed by atoms with Crippen LogP contribution in [0.2, 0.25) is 0 Å². The fourth-order valence-corrected chi connectivity index (χ4v) is 2.92. The van der Waals surface area contributed by atoms with Crippen LogP contribution in [0.15, 0.2) is 30.3 Å². The van der Waals surface area contributed by atoms with Gasteiger partial charge in [0.2, 0.25) is 0 Å². The zero-order valence-corrected chi connectivity index (χ0v) is 16.5. The fraction of sp³-hybridized carbons (Fsp3) is 0.333. The van der Waals surface area contributed by atoms with E-state index in [4.69, 9.17) is 21.4 Å². The van der Waals surface area contributed by atoms with Gasteiger partial charge in [-0.25, -0.2) is 0 Å². The van der Waals surface area contributed by atoms with E-state index in [0.717, 1.165) is 11.6 Å². The number of hydrogen-bond donors (Lipinski definition) is 3. The second-order valence-electron chi connectivity index (χ2n) is 6.65. The maximum atomic E-state index is 11.6. The van der Waals surface area contributed by atoms with Crippen molar-refractivity contribution < 1.29 is 29.6 Å². The first kappa shape index (κ1) is 21.6. The first-order valence-corrected chi connectivity index (χ1v) is 9.42. The number of fused-ring (bicyclic) bond motifs is 1. The van der Waals surface area contributed by atoms with E-state index < -0.39 is 0 Å². The first-order valence-electron chi connectivity index (χ1n) is 8.88. The van der Waals surface area contributed by atoms with Gasteiger partial charge in [0.1, 0.15) is 23.0 Å². The van der Waals surface area contributed by atoms with Gasteiger partial charge in [-0.1, -0.05) is 13.8 Å². The van der Waals surface area contributed by atoms with Crippen LogP contribution >= 0.6 is 11.6 Å². The molecular formula is C21H23ClO6. The Morgan fingerprint density at radius 3 is 2.46 bits per heavy atom. The predicted octanol–water partition coefficient (Wildman–Crippen LogP) is 4.39. The van der Waals surface area contributed by atoms with E-state index in [0.29, 0.717) is 24.3 Å². The summed E-state index contributed by atoms with van der Waals surface area (Å²) in [4.78, 5) is 22.9. The van der Waals surface area contributed by atoms with Crippen molar-refractivity contribution in [3.8, 4) is 23.0 Å². The number of Topliss-reactive ketones (excluding diaryl/α,β-unsaturated/α-hetero) is 2. The summed E-state index contributed by atoms with van der Waals surface area (Å²) in [5.41, 5.74) is 1.59. The number of rotatable bonds is 4. The molecule has 0 aromatic heterocycles. The van der Waals surface area contributed by atoms with Gasteiger partial charge in [0.15, 0.2) is 11.6 Å². The molecule has 0 saturated carbocycles. The molecule has 0 radical (unpaired) electrons. The Labute approximate surface area is 168 Å². The zero-order valence-electron chi connectivity index (χ0n) is 15.7. The average Bonchev–Trinajstić information content (AvgIpc) is 2.62. The number of phenols is 3. The van der Waals surface area contributed by atoms with Crippen molar-refractivity contribution in [3.63, 3.8) is 0 Å². The average molecular weight is 407 g/mol. The molecular weight excluding hydrogens is 384 g/mol. The number of carbonyl (C=O) groups excluding carboxylic acids is 2. The van der Waals surface area contributed by atoms with Crippen molar-refractivity contribution in [3.05, 3.63) is 47.0 Å². The summed E-state index contributed by atoms with van der Waals surface area (Å²) in [6, 6.07) is 7.14. The molecule has 7 heteroatoms. The van der Waals surface area contributed by atoms with Crippen LogP contribution in [0.1, 0.15) is 58.9 Å². The molecule has 1 aliphatic heterocycles. The molecule has 0 unspecified atom stereocenters. The number of alkyl halides is 1. The Balaban J connectivity index is 0.000000203. The highest BCUT2D eigenvalue weighted by Crippen LogP contribution is 2.35.